The van der Waals surface area contributed by atoms with Crippen molar-refractivity contribution in [3.63, 3.8) is 0 Å². The van der Waals surface area contributed by atoms with Crippen LogP contribution in [-0.2, 0) is 9.53 Å². The van der Waals surface area contributed by atoms with Gasteiger partial charge in [0.05, 0.1) is 12.2 Å². The summed E-state index contributed by atoms with van der Waals surface area (Å²) < 4.78 is 5.24. The Hall–Kier alpha value is -0.280. The number of hydrogen-bond acceptors (Lipinski definition) is 3. The Labute approximate surface area is 106 Å². The van der Waals surface area contributed by atoms with Crippen molar-refractivity contribution in [2.45, 2.75) is 44.1 Å². The molecule has 4 aliphatic rings. The van der Waals surface area contributed by atoms with Crippen LogP contribution in [0.2, 0.25) is 0 Å². The van der Waals surface area contributed by atoms with Crippen molar-refractivity contribution in [1.29, 1.82) is 0 Å². The molecule has 0 heterocycles. The van der Waals surface area contributed by atoms with Crippen LogP contribution < -0.4 is 0 Å². The topological polar surface area (TPSA) is 46.5 Å². The Balaban J connectivity index is 1.72. The third kappa shape index (κ3) is 2.08. The van der Waals surface area contributed by atoms with Crippen LogP contribution in [0.1, 0.15) is 38.5 Å². The van der Waals surface area contributed by atoms with Gasteiger partial charge in [-0.2, -0.15) is 0 Å². The lowest BCUT2D eigenvalue weighted by Crippen LogP contribution is -2.57. The molecule has 2 unspecified atom stereocenters. The summed E-state index contributed by atoms with van der Waals surface area (Å²) in [7, 11) is 0. The maximum Gasteiger partial charge on any atom is 0.320 e. The first kappa shape index (κ1) is 11.8. The van der Waals surface area contributed by atoms with E-state index < -0.39 is 5.60 Å². The zero-order valence-corrected chi connectivity index (χ0v) is 10.7. The molecule has 0 aromatic rings. The molecule has 0 aliphatic heterocycles. The van der Waals surface area contributed by atoms with Crippen molar-refractivity contribution < 1.29 is 14.6 Å². The van der Waals surface area contributed by atoms with E-state index in [1.54, 1.807) is 0 Å². The minimum absolute atomic E-state index is 0.0422. The summed E-state index contributed by atoms with van der Waals surface area (Å²) in [5.41, 5.74) is -0.433. The zero-order valence-electron chi connectivity index (χ0n) is 9.95. The Bertz CT molecular complexity index is 328. The smallest absolute Gasteiger partial charge is 0.320 e. The Morgan fingerprint density at radius 1 is 1.29 bits per heavy atom. The molecule has 4 saturated carbocycles. The number of alkyl halides is 1. The van der Waals surface area contributed by atoms with Crippen LogP contribution in [-0.4, -0.2) is 29.2 Å². The molecule has 96 valence electrons. The number of carbonyl (C=O) groups excluding carboxylic acids is 1. The largest absolute Gasteiger partial charge is 0.464 e. The van der Waals surface area contributed by atoms with E-state index in [0.717, 1.165) is 32.1 Å². The molecular weight excluding hydrogens is 240 g/mol. The van der Waals surface area contributed by atoms with Crippen molar-refractivity contribution in [1.82, 2.24) is 0 Å². The highest BCUT2D eigenvalue weighted by Gasteiger charge is 2.57. The van der Waals surface area contributed by atoms with Gasteiger partial charge in [-0.25, -0.2) is 0 Å². The second kappa shape index (κ2) is 3.86. The molecule has 0 radical (unpaired) electrons. The van der Waals surface area contributed by atoms with Crippen molar-refractivity contribution in [3.8, 4) is 0 Å². The highest BCUT2D eigenvalue weighted by Crippen LogP contribution is 2.61. The normalized spacial score (nSPS) is 47.2. The van der Waals surface area contributed by atoms with Crippen molar-refractivity contribution in [2.75, 3.05) is 12.5 Å². The Morgan fingerprint density at radius 3 is 2.47 bits per heavy atom. The number of rotatable bonds is 3. The summed E-state index contributed by atoms with van der Waals surface area (Å²) in [4.78, 5) is 11.2. The molecular formula is C13H19ClO3. The number of ether oxygens (including phenoxy) is 1. The third-order valence-electron chi connectivity index (χ3n) is 4.80. The fourth-order valence-electron chi connectivity index (χ4n) is 4.84. The molecule has 0 spiro atoms. The molecule has 3 nitrogen and oxygen atoms in total. The SMILES string of the molecule is O=C(CCl)OCC12CC3CC(CC(O)(C3)C1)C2. The van der Waals surface area contributed by atoms with E-state index >= 15 is 0 Å². The quantitative estimate of drug-likeness (QED) is 0.623. The van der Waals surface area contributed by atoms with Gasteiger partial charge in [0.15, 0.2) is 0 Å². The van der Waals surface area contributed by atoms with E-state index in [0.29, 0.717) is 18.4 Å². The van der Waals surface area contributed by atoms with Crippen molar-refractivity contribution in [3.05, 3.63) is 0 Å². The van der Waals surface area contributed by atoms with Crippen LogP contribution in [0.25, 0.3) is 0 Å². The fourth-order valence-corrected chi connectivity index (χ4v) is 4.92. The van der Waals surface area contributed by atoms with E-state index in [4.69, 9.17) is 16.3 Å². The van der Waals surface area contributed by atoms with Gasteiger partial charge in [-0.1, -0.05) is 0 Å². The summed E-state index contributed by atoms with van der Waals surface area (Å²) >= 11 is 5.44. The lowest BCUT2D eigenvalue weighted by molar-refractivity contribution is -0.185. The zero-order chi connectivity index (χ0) is 12.1. The molecule has 0 aromatic carbocycles. The van der Waals surface area contributed by atoms with E-state index in [1.807, 2.05) is 0 Å². The van der Waals surface area contributed by atoms with Gasteiger partial charge in [0.25, 0.3) is 0 Å². The van der Waals surface area contributed by atoms with Crippen LogP contribution in [0, 0.1) is 17.3 Å². The van der Waals surface area contributed by atoms with Gasteiger partial charge in [-0.15, -0.1) is 11.6 Å². The van der Waals surface area contributed by atoms with Gasteiger partial charge >= 0.3 is 5.97 Å². The lowest BCUT2D eigenvalue weighted by atomic mass is 9.48. The summed E-state index contributed by atoms with van der Waals surface area (Å²) in [5, 5.41) is 10.5. The number of esters is 1. The van der Waals surface area contributed by atoms with E-state index in [-0.39, 0.29) is 17.3 Å². The molecule has 4 aliphatic carbocycles. The van der Waals surface area contributed by atoms with Crippen LogP contribution in [0.5, 0.6) is 0 Å². The predicted octanol–water partition coefficient (Wildman–Crippen LogP) is 2.10. The fraction of sp³-hybridized carbons (Fsp3) is 0.923. The van der Waals surface area contributed by atoms with E-state index in [9.17, 15) is 9.90 Å². The molecule has 4 fully saturated rings. The Kier molecular flexibility index (Phi) is 2.67. The van der Waals surface area contributed by atoms with E-state index in [2.05, 4.69) is 0 Å². The second-order valence-corrected chi connectivity index (χ2v) is 6.75. The van der Waals surface area contributed by atoms with Crippen molar-refractivity contribution >= 4 is 17.6 Å². The maximum atomic E-state index is 11.2. The number of hydrogen-bond donors (Lipinski definition) is 1. The van der Waals surface area contributed by atoms with Gasteiger partial charge in [-0.3, -0.25) is 4.79 Å². The van der Waals surface area contributed by atoms with Gasteiger partial charge < -0.3 is 9.84 Å². The van der Waals surface area contributed by atoms with Crippen LogP contribution >= 0.6 is 11.6 Å². The van der Waals surface area contributed by atoms with Crippen molar-refractivity contribution in [2.24, 2.45) is 17.3 Å². The molecule has 1 N–H and O–H groups in total. The highest BCUT2D eigenvalue weighted by molar-refractivity contribution is 6.26. The number of aliphatic hydroxyl groups is 1. The molecule has 4 heteroatoms. The van der Waals surface area contributed by atoms with E-state index in [1.165, 1.54) is 6.42 Å². The van der Waals surface area contributed by atoms with Gasteiger partial charge in [0.2, 0.25) is 0 Å². The second-order valence-electron chi connectivity index (χ2n) is 6.48. The van der Waals surface area contributed by atoms with Gasteiger partial charge in [0.1, 0.15) is 5.88 Å². The minimum atomic E-state index is -0.475. The third-order valence-corrected chi connectivity index (χ3v) is 5.02. The van der Waals surface area contributed by atoms with Gasteiger partial charge in [0, 0.05) is 5.41 Å². The molecule has 17 heavy (non-hydrogen) atoms. The lowest BCUT2D eigenvalue weighted by Gasteiger charge is -2.59. The molecule has 2 atom stereocenters. The maximum absolute atomic E-state index is 11.2. The first-order valence-corrected chi connectivity index (χ1v) is 7.00. The summed E-state index contributed by atoms with van der Waals surface area (Å²) in [6, 6.07) is 0. The first-order chi connectivity index (χ1) is 8.03. The average molecular weight is 259 g/mol. The molecule has 4 rings (SSSR count). The first-order valence-electron chi connectivity index (χ1n) is 6.47. The standard InChI is InChI=1S/C13H19ClO3/c14-6-11(15)17-8-12-2-9-1-10(3-12)5-13(16,4-9)7-12/h9-10,16H,1-8H2. The summed E-state index contributed by atoms with van der Waals surface area (Å²) in [6.07, 6.45) is 6.20. The van der Waals surface area contributed by atoms with Gasteiger partial charge in [-0.05, 0) is 50.4 Å². The van der Waals surface area contributed by atoms with Crippen LogP contribution in [0.15, 0.2) is 0 Å². The minimum Gasteiger partial charge on any atom is -0.464 e. The number of carbonyl (C=O) groups is 1. The van der Waals surface area contributed by atoms with Crippen LogP contribution in [0.4, 0.5) is 0 Å². The van der Waals surface area contributed by atoms with Crippen LogP contribution in [0.3, 0.4) is 0 Å². The number of halogens is 1. The summed E-state index contributed by atoms with van der Waals surface area (Å²) in [5.74, 6) is 0.856. The summed E-state index contributed by atoms with van der Waals surface area (Å²) in [6.45, 7) is 0.452. The highest BCUT2D eigenvalue weighted by atomic mass is 35.5. The average Bonchev–Trinajstić information content (AvgIpc) is 2.22. The molecule has 0 aromatic heterocycles. The predicted molar refractivity (Wildman–Crippen MR) is 63.7 cm³/mol. The molecule has 0 amide bonds. The monoisotopic (exact) mass is 258 g/mol. The molecule has 0 saturated heterocycles. The Morgan fingerprint density at radius 2 is 1.94 bits per heavy atom. The molecule has 4 bridgehead atoms.